The second-order valence-electron chi connectivity index (χ2n) is 3.56. The van der Waals surface area contributed by atoms with Crippen LogP contribution in [0.1, 0.15) is 18.4 Å². The van der Waals surface area contributed by atoms with E-state index < -0.39 is 0 Å². The number of carbonyl (C=O) groups is 1. The Labute approximate surface area is 82.3 Å². The normalized spacial score (nSPS) is 16.1. The molecule has 0 spiro atoms. The maximum Gasteiger partial charge on any atom is 0.158 e. The number of hydrogen-bond donors (Lipinski definition) is 0. The van der Waals surface area contributed by atoms with Crippen molar-refractivity contribution in [1.29, 1.82) is 0 Å². The second kappa shape index (κ2) is 3.74. The van der Waals surface area contributed by atoms with Gasteiger partial charge in [0.05, 0.1) is 0 Å². The van der Waals surface area contributed by atoms with Crippen molar-refractivity contribution < 1.29 is 9.18 Å². The second-order valence-corrected chi connectivity index (χ2v) is 3.56. The molecule has 1 saturated carbocycles. The number of hydrogen-bond acceptors (Lipinski definition) is 1. The van der Waals surface area contributed by atoms with Gasteiger partial charge in [-0.05, 0) is 36.6 Å². The Kier molecular flexibility index (Phi) is 2.44. The van der Waals surface area contributed by atoms with Gasteiger partial charge in [-0.1, -0.05) is 18.2 Å². The Morgan fingerprint density at radius 1 is 1.43 bits per heavy atom. The first-order chi connectivity index (χ1) is 6.75. The van der Waals surface area contributed by atoms with E-state index in [0.29, 0.717) is 0 Å². The Morgan fingerprint density at radius 3 is 2.86 bits per heavy atom. The van der Waals surface area contributed by atoms with E-state index in [2.05, 4.69) is 0 Å². The van der Waals surface area contributed by atoms with E-state index in [4.69, 9.17) is 0 Å². The first-order valence-corrected chi connectivity index (χ1v) is 4.73. The van der Waals surface area contributed by atoms with E-state index in [-0.39, 0.29) is 17.5 Å². The standard InChI is InChI=1S/C12H11FO/c13-11-3-1-2-9(8-11)4-7-12(14)10-5-6-10/h1-4,7-8,10H,5-6H2. The average Bonchev–Trinajstić information content (AvgIpc) is 2.97. The molecular weight excluding hydrogens is 179 g/mol. The summed E-state index contributed by atoms with van der Waals surface area (Å²) in [7, 11) is 0. The fourth-order valence-electron chi connectivity index (χ4n) is 1.29. The number of rotatable bonds is 3. The minimum absolute atomic E-state index is 0.161. The number of benzene rings is 1. The summed E-state index contributed by atoms with van der Waals surface area (Å²) >= 11 is 0. The van der Waals surface area contributed by atoms with Crippen molar-refractivity contribution >= 4 is 11.9 Å². The van der Waals surface area contributed by atoms with Crippen molar-refractivity contribution in [2.75, 3.05) is 0 Å². The average molecular weight is 190 g/mol. The van der Waals surface area contributed by atoms with Gasteiger partial charge in [0.2, 0.25) is 0 Å². The zero-order valence-electron chi connectivity index (χ0n) is 7.74. The molecule has 0 unspecified atom stereocenters. The van der Waals surface area contributed by atoms with Crippen LogP contribution in [-0.2, 0) is 4.79 Å². The van der Waals surface area contributed by atoms with Crippen LogP contribution in [0.15, 0.2) is 30.3 Å². The quantitative estimate of drug-likeness (QED) is 0.670. The zero-order valence-corrected chi connectivity index (χ0v) is 7.74. The minimum Gasteiger partial charge on any atom is -0.295 e. The molecule has 1 nitrogen and oxygen atoms in total. The summed E-state index contributed by atoms with van der Waals surface area (Å²) < 4.78 is 12.7. The van der Waals surface area contributed by atoms with Gasteiger partial charge in [-0.25, -0.2) is 4.39 Å². The molecule has 72 valence electrons. The summed E-state index contributed by atoms with van der Waals surface area (Å²) in [6, 6.07) is 6.22. The summed E-state index contributed by atoms with van der Waals surface area (Å²) in [5.74, 6) is 0.125. The summed E-state index contributed by atoms with van der Waals surface area (Å²) in [4.78, 5) is 11.3. The molecule has 0 aromatic heterocycles. The smallest absolute Gasteiger partial charge is 0.158 e. The highest BCUT2D eigenvalue weighted by atomic mass is 19.1. The van der Waals surface area contributed by atoms with Gasteiger partial charge >= 0.3 is 0 Å². The molecule has 1 aromatic carbocycles. The van der Waals surface area contributed by atoms with Crippen LogP contribution in [0.4, 0.5) is 4.39 Å². The maximum absolute atomic E-state index is 12.7. The van der Waals surface area contributed by atoms with Crippen LogP contribution in [0.5, 0.6) is 0 Å². The van der Waals surface area contributed by atoms with Crippen LogP contribution >= 0.6 is 0 Å². The van der Waals surface area contributed by atoms with E-state index in [1.807, 2.05) is 0 Å². The molecule has 1 aliphatic carbocycles. The molecule has 0 atom stereocenters. The molecule has 14 heavy (non-hydrogen) atoms. The predicted molar refractivity (Wildman–Crippen MR) is 53.2 cm³/mol. The summed E-state index contributed by atoms with van der Waals surface area (Å²) in [5.41, 5.74) is 0.735. The molecule has 1 aromatic rings. The summed E-state index contributed by atoms with van der Waals surface area (Å²) in [5, 5.41) is 0. The minimum atomic E-state index is -0.272. The number of carbonyl (C=O) groups excluding carboxylic acids is 1. The Balaban J connectivity index is 2.05. The third-order valence-corrected chi connectivity index (χ3v) is 2.27. The van der Waals surface area contributed by atoms with Crippen molar-refractivity contribution in [3.05, 3.63) is 41.7 Å². The molecule has 0 N–H and O–H groups in total. The first kappa shape index (κ1) is 9.13. The fourth-order valence-corrected chi connectivity index (χ4v) is 1.29. The number of halogens is 1. The van der Waals surface area contributed by atoms with Crippen molar-refractivity contribution in [3.8, 4) is 0 Å². The first-order valence-electron chi connectivity index (χ1n) is 4.73. The number of ketones is 1. The highest BCUT2D eigenvalue weighted by Gasteiger charge is 2.27. The third-order valence-electron chi connectivity index (χ3n) is 2.27. The van der Waals surface area contributed by atoms with Crippen LogP contribution in [-0.4, -0.2) is 5.78 Å². The molecule has 0 saturated heterocycles. The molecule has 1 fully saturated rings. The highest BCUT2D eigenvalue weighted by Crippen LogP contribution is 2.30. The van der Waals surface area contributed by atoms with Crippen molar-refractivity contribution in [3.63, 3.8) is 0 Å². The van der Waals surface area contributed by atoms with Gasteiger partial charge in [-0.3, -0.25) is 4.79 Å². The van der Waals surface area contributed by atoms with Gasteiger partial charge in [-0.15, -0.1) is 0 Å². The lowest BCUT2D eigenvalue weighted by Crippen LogP contribution is -1.93. The topological polar surface area (TPSA) is 17.1 Å². The molecule has 0 heterocycles. The van der Waals surface area contributed by atoms with Gasteiger partial charge < -0.3 is 0 Å². The Bertz CT molecular complexity index is 378. The Hall–Kier alpha value is -1.44. The van der Waals surface area contributed by atoms with Gasteiger partial charge in [0.1, 0.15) is 5.82 Å². The van der Waals surface area contributed by atoms with Crippen LogP contribution in [0.2, 0.25) is 0 Å². The molecule has 2 heteroatoms. The van der Waals surface area contributed by atoms with Gasteiger partial charge in [0.15, 0.2) is 5.78 Å². The molecular formula is C12H11FO. The summed E-state index contributed by atoms with van der Waals surface area (Å²) in [6.07, 6.45) is 5.23. The highest BCUT2D eigenvalue weighted by molar-refractivity contribution is 5.96. The van der Waals surface area contributed by atoms with Crippen LogP contribution < -0.4 is 0 Å². The molecule has 0 amide bonds. The van der Waals surface area contributed by atoms with Gasteiger partial charge in [0.25, 0.3) is 0 Å². The SMILES string of the molecule is O=C(C=Cc1cccc(F)c1)C1CC1. The monoisotopic (exact) mass is 190 g/mol. The van der Waals surface area contributed by atoms with Crippen LogP contribution in [0.3, 0.4) is 0 Å². The molecule has 0 bridgehead atoms. The van der Waals surface area contributed by atoms with Gasteiger partial charge in [-0.2, -0.15) is 0 Å². The van der Waals surface area contributed by atoms with Crippen LogP contribution in [0, 0.1) is 11.7 Å². The van der Waals surface area contributed by atoms with Crippen LogP contribution in [0.25, 0.3) is 6.08 Å². The van der Waals surface area contributed by atoms with E-state index in [0.717, 1.165) is 18.4 Å². The lowest BCUT2D eigenvalue weighted by molar-refractivity contribution is -0.115. The molecule has 1 aliphatic rings. The van der Waals surface area contributed by atoms with E-state index in [9.17, 15) is 9.18 Å². The van der Waals surface area contributed by atoms with Crippen molar-refractivity contribution in [2.24, 2.45) is 5.92 Å². The predicted octanol–water partition coefficient (Wildman–Crippen LogP) is 2.82. The van der Waals surface area contributed by atoms with Gasteiger partial charge in [0, 0.05) is 5.92 Å². The van der Waals surface area contributed by atoms with E-state index in [1.165, 1.54) is 12.1 Å². The van der Waals surface area contributed by atoms with E-state index in [1.54, 1.807) is 24.3 Å². The van der Waals surface area contributed by atoms with Crippen molar-refractivity contribution in [2.45, 2.75) is 12.8 Å². The zero-order chi connectivity index (χ0) is 9.97. The lowest BCUT2D eigenvalue weighted by atomic mass is 10.1. The molecule has 0 radical (unpaired) electrons. The van der Waals surface area contributed by atoms with Crippen molar-refractivity contribution in [1.82, 2.24) is 0 Å². The molecule has 2 rings (SSSR count). The lowest BCUT2D eigenvalue weighted by Gasteiger charge is -1.92. The molecule has 0 aliphatic heterocycles. The fraction of sp³-hybridized carbons (Fsp3) is 0.250. The Morgan fingerprint density at radius 2 is 2.21 bits per heavy atom. The summed E-state index contributed by atoms with van der Waals surface area (Å²) in [6.45, 7) is 0. The largest absolute Gasteiger partial charge is 0.295 e. The number of allylic oxidation sites excluding steroid dienone is 1. The maximum atomic E-state index is 12.7. The third kappa shape index (κ3) is 2.28. The van der Waals surface area contributed by atoms with E-state index >= 15 is 0 Å².